The minimum Gasteiger partial charge on any atom is -1.00 e. The molecule has 0 N–H and O–H groups in total. The Labute approximate surface area is 227 Å². The van der Waals surface area contributed by atoms with Crippen LogP contribution in [0.5, 0.6) is 0 Å². The molecule has 7 aromatic rings. The Bertz CT molecular complexity index is 1690. The Kier molecular flexibility index (Phi) is 6.47. The van der Waals surface area contributed by atoms with Gasteiger partial charge in [0.1, 0.15) is 0 Å². The molecular formula is C30H21BrSZr. The molecule has 0 amide bonds. The first-order chi connectivity index (χ1) is 15.7. The van der Waals surface area contributed by atoms with Crippen molar-refractivity contribution in [3.63, 3.8) is 0 Å². The van der Waals surface area contributed by atoms with E-state index in [2.05, 4.69) is 125 Å². The van der Waals surface area contributed by atoms with Crippen molar-refractivity contribution < 1.29 is 29.1 Å². The van der Waals surface area contributed by atoms with Gasteiger partial charge >= 0.3 is 26.2 Å². The minimum atomic E-state index is 0. The summed E-state index contributed by atoms with van der Waals surface area (Å²) in [5.41, 5.74) is 2.55. The quantitative estimate of drug-likeness (QED) is 0.169. The van der Waals surface area contributed by atoms with Crippen LogP contribution in [0.15, 0.2) is 120 Å². The minimum absolute atomic E-state index is 0. The van der Waals surface area contributed by atoms with Crippen LogP contribution in [0.3, 0.4) is 0 Å². The molecule has 5 bridgehead atoms. The first-order valence-corrected chi connectivity index (χ1v) is 12.2. The van der Waals surface area contributed by atoms with E-state index in [1.165, 1.54) is 52.8 Å². The molecule has 0 spiro atoms. The van der Waals surface area contributed by atoms with Crippen molar-refractivity contribution in [2.75, 3.05) is 0 Å². The van der Waals surface area contributed by atoms with Crippen LogP contribution in [0.25, 0.3) is 52.8 Å². The van der Waals surface area contributed by atoms with Crippen LogP contribution >= 0.6 is 27.3 Å². The van der Waals surface area contributed by atoms with Gasteiger partial charge in [-0.15, -0.1) is 90.1 Å². The number of fused-ring (bicyclic) bond motifs is 6. The molecule has 1 aromatic heterocycles. The van der Waals surface area contributed by atoms with Crippen molar-refractivity contribution in [2.24, 2.45) is 0 Å². The van der Waals surface area contributed by atoms with Crippen molar-refractivity contribution in [3.05, 3.63) is 120 Å². The summed E-state index contributed by atoms with van der Waals surface area (Å²) in [7, 11) is 0. The molecule has 33 heavy (non-hydrogen) atoms. The van der Waals surface area contributed by atoms with Gasteiger partial charge < -0.3 is 2.85 Å². The standard InChI is InChI=1S/C15H10Br.C15H9S.Zr.2H/c16-15-8-4-7-12-9-13(10-14(12)15)11-5-2-1-3-6-11;1-2-10-8-14(3-1)16-15-5-4-11-6-12(10)7-13(11)9-15;;;/h1-10H;1-9H;;;/q2*-1;+4;2*-1. The average molecular weight is 585 g/mol. The molecule has 0 atom stereocenters. The van der Waals surface area contributed by atoms with Crippen molar-refractivity contribution in [3.8, 4) is 11.1 Å². The molecule has 0 aliphatic rings. The van der Waals surface area contributed by atoms with Gasteiger partial charge in [0.25, 0.3) is 0 Å². The Morgan fingerprint density at radius 1 is 0.606 bits per heavy atom. The molecule has 0 unspecified atom stereocenters. The Hall–Kier alpha value is -2.32. The molecule has 0 aliphatic heterocycles. The molecule has 6 aromatic carbocycles. The number of halogens is 1. The second-order valence-electron chi connectivity index (χ2n) is 8.02. The second-order valence-corrected chi connectivity index (χ2v) is 10.0. The molecule has 158 valence electrons. The van der Waals surface area contributed by atoms with Gasteiger partial charge in [-0.25, -0.2) is 0 Å². The van der Waals surface area contributed by atoms with Crippen molar-refractivity contribution in [1.82, 2.24) is 0 Å². The first-order valence-electron chi connectivity index (χ1n) is 10.6. The summed E-state index contributed by atoms with van der Waals surface area (Å²) < 4.78 is 3.80. The maximum Gasteiger partial charge on any atom is 4.00 e. The number of hydrogen-bond acceptors (Lipinski definition) is 1. The number of rotatable bonds is 1. The Balaban J connectivity index is 0.000000180. The van der Waals surface area contributed by atoms with Crippen LogP contribution in [0.1, 0.15) is 2.85 Å². The van der Waals surface area contributed by atoms with E-state index >= 15 is 0 Å². The van der Waals surface area contributed by atoms with Gasteiger partial charge in [-0.1, -0.05) is 89.8 Å². The van der Waals surface area contributed by atoms with E-state index in [1.807, 2.05) is 17.4 Å². The van der Waals surface area contributed by atoms with Gasteiger partial charge in [-0.05, 0) is 10.5 Å². The van der Waals surface area contributed by atoms with Crippen LogP contribution in [-0.4, -0.2) is 0 Å². The predicted molar refractivity (Wildman–Crippen MR) is 147 cm³/mol. The Morgan fingerprint density at radius 2 is 1.36 bits per heavy atom. The van der Waals surface area contributed by atoms with Crippen LogP contribution in [0.2, 0.25) is 0 Å². The summed E-state index contributed by atoms with van der Waals surface area (Å²) in [5.74, 6) is 0. The molecular weight excluding hydrogens is 564 g/mol. The van der Waals surface area contributed by atoms with E-state index in [9.17, 15) is 0 Å². The molecule has 1 heterocycles. The van der Waals surface area contributed by atoms with Gasteiger partial charge in [0.05, 0.1) is 0 Å². The molecule has 0 nitrogen and oxygen atoms in total. The van der Waals surface area contributed by atoms with Gasteiger partial charge in [0, 0.05) is 9.40 Å². The molecule has 7 rings (SSSR count). The maximum atomic E-state index is 3.58. The molecule has 0 saturated carbocycles. The summed E-state index contributed by atoms with van der Waals surface area (Å²) in [6.07, 6.45) is 0. The fraction of sp³-hybridized carbons (Fsp3) is 0. The summed E-state index contributed by atoms with van der Waals surface area (Å²) in [4.78, 5) is 0. The topological polar surface area (TPSA) is 0 Å². The molecule has 0 aliphatic carbocycles. The largest absolute Gasteiger partial charge is 4.00 e. The summed E-state index contributed by atoms with van der Waals surface area (Å²) >= 11 is 5.42. The third-order valence-electron chi connectivity index (χ3n) is 5.89. The van der Waals surface area contributed by atoms with Crippen molar-refractivity contribution in [1.29, 1.82) is 0 Å². The predicted octanol–water partition coefficient (Wildman–Crippen LogP) is 10.1. The number of hydrogen-bond donors (Lipinski definition) is 0. The van der Waals surface area contributed by atoms with Crippen LogP contribution in [0.4, 0.5) is 0 Å². The molecule has 0 fully saturated rings. The third-order valence-corrected chi connectivity index (χ3v) is 7.56. The Morgan fingerprint density at radius 3 is 2.21 bits per heavy atom. The monoisotopic (exact) mass is 582 g/mol. The van der Waals surface area contributed by atoms with Crippen LogP contribution in [-0.2, 0) is 26.2 Å². The average Bonchev–Trinajstić information content (AvgIpc) is 3.46. The fourth-order valence-electron chi connectivity index (χ4n) is 4.29. The van der Waals surface area contributed by atoms with E-state index in [4.69, 9.17) is 0 Å². The maximum absolute atomic E-state index is 3.58. The van der Waals surface area contributed by atoms with Gasteiger partial charge in [-0.3, -0.25) is 0 Å². The van der Waals surface area contributed by atoms with Gasteiger partial charge in [-0.2, -0.15) is 0 Å². The summed E-state index contributed by atoms with van der Waals surface area (Å²) in [5, 5.41) is 7.91. The van der Waals surface area contributed by atoms with Gasteiger partial charge in [0.2, 0.25) is 0 Å². The van der Waals surface area contributed by atoms with Gasteiger partial charge in [0.15, 0.2) is 0 Å². The SMILES string of the molecule is Brc1cccc2cc(-c3ccccc3)[cH-]c12.[H-].[H-].[Zr+4].c1cc2cc(c1)c1cc3cc(ccc3[cH-]1)s2. The molecule has 0 saturated heterocycles. The fourth-order valence-corrected chi connectivity index (χ4v) is 5.71. The first kappa shape index (κ1) is 22.5. The smallest absolute Gasteiger partial charge is 1.00 e. The number of benzene rings is 4. The third kappa shape index (κ3) is 4.55. The van der Waals surface area contributed by atoms with Crippen molar-refractivity contribution in [2.45, 2.75) is 0 Å². The molecule has 0 radical (unpaired) electrons. The second kappa shape index (κ2) is 9.51. The van der Waals surface area contributed by atoms with E-state index in [0.717, 1.165) is 4.47 Å². The van der Waals surface area contributed by atoms with E-state index in [0.29, 0.717) is 0 Å². The normalized spacial score (nSPS) is 10.9. The zero-order valence-corrected chi connectivity index (χ0v) is 22.6. The molecule has 3 heteroatoms. The summed E-state index contributed by atoms with van der Waals surface area (Å²) in [6.45, 7) is 0. The van der Waals surface area contributed by atoms with Crippen LogP contribution in [0, 0.1) is 0 Å². The van der Waals surface area contributed by atoms with E-state index in [-0.39, 0.29) is 29.1 Å². The van der Waals surface area contributed by atoms with Crippen LogP contribution < -0.4 is 0 Å². The zero-order chi connectivity index (χ0) is 21.5. The van der Waals surface area contributed by atoms with E-state index in [1.54, 1.807) is 0 Å². The zero-order valence-electron chi connectivity index (χ0n) is 19.8. The van der Waals surface area contributed by atoms with Crippen molar-refractivity contribution >= 4 is 69.0 Å². The summed E-state index contributed by atoms with van der Waals surface area (Å²) in [6, 6.07) is 41.2. The van der Waals surface area contributed by atoms with E-state index < -0.39 is 0 Å².